The summed E-state index contributed by atoms with van der Waals surface area (Å²) >= 11 is 0. The fourth-order valence-electron chi connectivity index (χ4n) is 1.71. The van der Waals surface area contributed by atoms with Gasteiger partial charge in [0.15, 0.2) is 0 Å². The van der Waals surface area contributed by atoms with Crippen LogP contribution in [0.2, 0.25) is 0 Å². The highest BCUT2D eigenvalue weighted by atomic mass is 19.1. The van der Waals surface area contributed by atoms with Gasteiger partial charge in [-0.15, -0.1) is 0 Å². The molecule has 0 saturated carbocycles. The molecule has 86 valence electrons. The highest BCUT2D eigenvalue weighted by Gasteiger charge is 2.05. The molecule has 1 heterocycles. The van der Waals surface area contributed by atoms with Crippen molar-refractivity contribution in [1.82, 2.24) is 9.55 Å². The largest absolute Gasteiger partial charge is 0.330 e. The van der Waals surface area contributed by atoms with Crippen molar-refractivity contribution >= 4 is 0 Å². The molecule has 0 fully saturated rings. The van der Waals surface area contributed by atoms with Gasteiger partial charge in [-0.25, -0.2) is 9.37 Å². The fraction of sp³-hybridized carbons (Fsp3) is 0.231. The number of hydrogen-bond donors (Lipinski definition) is 0. The van der Waals surface area contributed by atoms with E-state index < -0.39 is 0 Å². The monoisotopic (exact) mass is 229 g/mol. The summed E-state index contributed by atoms with van der Waals surface area (Å²) in [5, 5.41) is 8.78. The highest BCUT2D eigenvalue weighted by molar-refractivity contribution is 5.34. The van der Waals surface area contributed by atoms with E-state index in [9.17, 15) is 4.39 Å². The molecule has 0 bridgehead atoms. The number of aromatic nitrogens is 2. The van der Waals surface area contributed by atoms with E-state index in [4.69, 9.17) is 5.26 Å². The number of aryl methyl sites for hydroxylation is 1. The van der Waals surface area contributed by atoms with Crippen molar-refractivity contribution in [3.63, 3.8) is 0 Å². The van der Waals surface area contributed by atoms with Crippen LogP contribution in [0, 0.1) is 31.0 Å². The zero-order chi connectivity index (χ0) is 12.4. The van der Waals surface area contributed by atoms with E-state index in [-0.39, 0.29) is 5.82 Å². The Balaban J connectivity index is 2.33. The van der Waals surface area contributed by atoms with Crippen molar-refractivity contribution in [2.24, 2.45) is 0 Å². The third kappa shape index (κ3) is 2.34. The predicted molar refractivity (Wildman–Crippen MR) is 61.9 cm³/mol. The van der Waals surface area contributed by atoms with Gasteiger partial charge in [0, 0.05) is 12.2 Å². The van der Waals surface area contributed by atoms with E-state index in [0.29, 0.717) is 12.1 Å². The number of hydrogen-bond acceptors (Lipinski definition) is 2. The quantitative estimate of drug-likeness (QED) is 0.794. The van der Waals surface area contributed by atoms with Crippen LogP contribution in [0.4, 0.5) is 4.39 Å². The summed E-state index contributed by atoms with van der Waals surface area (Å²) in [5.74, 6) is -0.381. The lowest BCUT2D eigenvalue weighted by Gasteiger charge is -2.06. The molecule has 0 atom stereocenters. The normalized spacial score (nSPS) is 10.2. The maximum Gasteiger partial charge on any atom is 0.124 e. The van der Waals surface area contributed by atoms with Gasteiger partial charge in [-0.2, -0.15) is 5.26 Å². The summed E-state index contributed by atoms with van der Waals surface area (Å²) in [7, 11) is 0. The highest BCUT2D eigenvalue weighted by Crippen LogP contribution is 2.12. The van der Waals surface area contributed by atoms with E-state index in [1.54, 1.807) is 12.4 Å². The van der Waals surface area contributed by atoms with Gasteiger partial charge in [0.05, 0.1) is 23.7 Å². The molecule has 4 heteroatoms. The first-order valence-electron chi connectivity index (χ1n) is 5.28. The summed E-state index contributed by atoms with van der Waals surface area (Å²) < 4.78 is 15.2. The second-order valence-electron chi connectivity index (χ2n) is 4.00. The van der Waals surface area contributed by atoms with Crippen LogP contribution in [-0.2, 0) is 6.54 Å². The van der Waals surface area contributed by atoms with Crippen molar-refractivity contribution < 1.29 is 4.39 Å². The molecule has 0 spiro atoms. The summed E-state index contributed by atoms with van der Waals surface area (Å²) in [6.07, 6.45) is 1.72. The van der Waals surface area contributed by atoms with Crippen molar-refractivity contribution in [1.29, 1.82) is 5.26 Å². The summed E-state index contributed by atoms with van der Waals surface area (Å²) in [5.41, 5.74) is 3.12. The molecular formula is C13H12FN3. The molecular weight excluding hydrogens is 217 g/mol. The summed E-state index contributed by atoms with van der Waals surface area (Å²) in [6, 6.07) is 6.31. The molecule has 0 N–H and O–H groups in total. The number of nitriles is 1. The van der Waals surface area contributed by atoms with E-state index in [2.05, 4.69) is 4.98 Å². The Morgan fingerprint density at radius 3 is 2.71 bits per heavy atom. The minimum absolute atomic E-state index is 0.342. The minimum atomic E-state index is -0.381. The van der Waals surface area contributed by atoms with Gasteiger partial charge in [0.25, 0.3) is 0 Å². The Morgan fingerprint density at radius 1 is 1.35 bits per heavy atom. The van der Waals surface area contributed by atoms with Crippen molar-refractivity contribution in [3.8, 4) is 6.07 Å². The predicted octanol–water partition coefficient (Wildman–Crippen LogP) is 2.56. The lowest BCUT2D eigenvalue weighted by Crippen LogP contribution is -2.01. The molecule has 3 nitrogen and oxygen atoms in total. The van der Waals surface area contributed by atoms with Crippen LogP contribution < -0.4 is 0 Å². The van der Waals surface area contributed by atoms with E-state index in [0.717, 1.165) is 17.0 Å². The van der Waals surface area contributed by atoms with E-state index >= 15 is 0 Å². The summed E-state index contributed by atoms with van der Waals surface area (Å²) in [6.45, 7) is 4.42. The Labute approximate surface area is 99.1 Å². The van der Waals surface area contributed by atoms with E-state index in [1.807, 2.05) is 24.5 Å². The van der Waals surface area contributed by atoms with Gasteiger partial charge >= 0.3 is 0 Å². The Hall–Kier alpha value is -2.15. The SMILES string of the molecule is Cc1ncn(Cc2cc(F)cc(C#N)c2)c1C. The molecule has 17 heavy (non-hydrogen) atoms. The average Bonchev–Trinajstić information content (AvgIpc) is 2.60. The maximum absolute atomic E-state index is 13.2. The van der Waals surface area contributed by atoms with Crippen molar-refractivity contribution in [2.75, 3.05) is 0 Å². The van der Waals surface area contributed by atoms with Gasteiger partial charge in [0.2, 0.25) is 0 Å². The molecule has 0 saturated heterocycles. The first-order valence-corrected chi connectivity index (χ1v) is 5.28. The zero-order valence-corrected chi connectivity index (χ0v) is 9.74. The second-order valence-corrected chi connectivity index (χ2v) is 4.00. The third-order valence-corrected chi connectivity index (χ3v) is 2.78. The van der Waals surface area contributed by atoms with Crippen LogP contribution in [0.5, 0.6) is 0 Å². The molecule has 0 aliphatic rings. The number of halogens is 1. The van der Waals surface area contributed by atoms with Crippen LogP contribution in [0.3, 0.4) is 0 Å². The molecule has 0 aliphatic carbocycles. The number of benzene rings is 1. The van der Waals surface area contributed by atoms with Gasteiger partial charge in [0.1, 0.15) is 5.82 Å². The standard InChI is InChI=1S/C13H12FN3/c1-9-10(2)17(8-16-9)7-12-3-11(6-15)4-13(14)5-12/h3-5,8H,7H2,1-2H3. The average molecular weight is 229 g/mol. The first kappa shape index (κ1) is 11.3. The van der Waals surface area contributed by atoms with Crippen molar-refractivity contribution in [3.05, 3.63) is 52.9 Å². The van der Waals surface area contributed by atoms with Crippen LogP contribution in [0.25, 0.3) is 0 Å². The van der Waals surface area contributed by atoms with Gasteiger partial charge in [-0.3, -0.25) is 0 Å². The number of imidazole rings is 1. The van der Waals surface area contributed by atoms with Gasteiger partial charge in [-0.05, 0) is 37.6 Å². The smallest absolute Gasteiger partial charge is 0.124 e. The Morgan fingerprint density at radius 2 is 2.12 bits per heavy atom. The number of rotatable bonds is 2. The second kappa shape index (κ2) is 4.38. The lowest BCUT2D eigenvalue weighted by atomic mass is 10.1. The third-order valence-electron chi connectivity index (χ3n) is 2.78. The fourth-order valence-corrected chi connectivity index (χ4v) is 1.71. The van der Waals surface area contributed by atoms with Gasteiger partial charge in [-0.1, -0.05) is 0 Å². The lowest BCUT2D eigenvalue weighted by molar-refractivity contribution is 0.622. The molecule has 0 aliphatic heterocycles. The Bertz CT molecular complexity index is 593. The molecule has 1 aromatic carbocycles. The molecule has 1 aromatic heterocycles. The van der Waals surface area contributed by atoms with Crippen LogP contribution in [0.1, 0.15) is 22.5 Å². The topological polar surface area (TPSA) is 41.6 Å². The van der Waals surface area contributed by atoms with Gasteiger partial charge < -0.3 is 4.57 Å². The molecule has 2 rings (SSSR count). The van der Waals surface area contributed by atoms with Crippen LogP contribution >= 0.6 is 0 Å². The molecule has 2 aromatic rings. The van der Waals surface area contributed by atoms with Crippen molar-refractivity contribution in [2.45, 2.75) is 20.4 Å². The minimum Gasteiger partial charge on any atom is -0.330 e. The van der Waals surface area contributed by atoms with Crippen LogP contribution in [0.15, 0.2) is 24.5 Å². The zero-order valence-electron chi connectivity index (χ0n) is 9.74. The number of nitrogens with zero attached hydrogens (tertiary/aromatic N) is 3. The Kier molecular flexibility index (Phi) is 2.92. The molecule has 0 amide bonds. The van der Waals surface area contributed by atoms with E-state index in [1.165, 1.54) is 12.1 Å². The summed E-state index contributed by atoms with van der Waals surface area (Å²) in [4.78, 5) is 4.18. The molecule has 0 unspecified atom stereocenters. The molecule has 0 radical (unpaired) electrons. The maximum atomic E-state index is 13.2. The first-order chi connectivity index (χ1) is 8.10. The van der Waals surface area contributed by atoms with Crippen LogP contribution in [-0.4, -0.2) is 9.55 Å².